The Kier molecular flexibility index (Phi) is 7.81. The third-order valence-electron chi connectivity index (χ3n) is 6.53. The molecule has 4 aromatic rings. The average Bonchev–Trinajstić information content (AvgIpc) is 3.48. The number of nitrogens with one attached hydrogen (secondary N) is 1. The summed E-state index contributed by atoms with van der Waals surface area (Å²) in [5.74, 6) is -1.41. The lowest BCUT2D eigenvalue weighted by molar-refractivity contribution is -0.151. The van der Waals surface area contributed by atoms with Gasteiger partial charge in [0.2, 0.25) is 0 Å². The van der Waals surface area contributed by atoms with Gasteiger partial charge in [0.25, 0.3) is 0 Å². The molecular formula is C29H26ClFN4O5. The van der Waals surface area contributed by atoms with Crippen LogP contribution in [-0.2, 0) is 19.0 Å². The number of anilines is 1. The zero-order valence-electron chi connectivity index (χ0n) is 21.7. The van der Waals surface area contributed by atoms with Crippen molar-refractivity contribution in [2.45, 2.75) is 38.3 Å². The Labute approximate surface area is 234 Å². The molecular weight excluding hydrogens is 539 g/mol. The van der Waals surface area contributed by atoms with Crippen LogP contribution in [0.4, 0.5) is 10.1 Å². The van der Waals surface area contributed by atoms with E-state index in [9.17, 15) is 14.0 Å². The number of aromatic nitrogens is 3. The number of rotatable bonds is 8. The summed E-state index contributed by atoms with van der Waals surface area (Å²) in [6.45, 7) is 6.99. The molecule has 1 aliphatic heterocycles. The Morgan fingerprint density at radius 1 is 1.20 bits per heavy atom. The van der Waals surface area contributed by atoms with Gasteiger partial charge in [0.05, 0.1) is 28.9 Å². The molecule has 4 atom stereocenters. The summed E-state index contributed by atoms with van der Waals surface area (Å²) >= 11 is 6.37. The Bertz CT molecular complexity index is 1580. The monoisotopic (exact) mass is 564 g/mol. The lowest BCUT2D eigenvalue weighted by Gasteiger charge is -2.20. The summed E-state index contributed by atoms with van der Waals surface area (Å²) in [5, 5.41) is 8.48. The predicted octanol–water partition coefficient (Wildman–Crippen LogP) is 5.64. The molecule has 40 heavy (non-hydrogen) atoms. The quantitative estimate of drug-likeness (QED) is 0.167. The van der Waals surface area contributed by atoms with Crippen LogP contribution >= 0.6 is 11.6 Å². The first-order chi connectivity index (χ1) is 19.2. The van der Waals surface area contributed by atoms with Crippen molar-refractivity contribution in [1.82, 2.24) is 14.8 Å². The fraction of sp³-hybridized carbons (Fsp3) is 0.241. The standard InChI is InChI=1S/C29H26ClFN4O5/c1-16-24(15-38-29(37)19-9-5-4-6-10-19)40-28(26(16)39-18(3)36)35-27-21(14-32-35)23(13-25(30)34-27)33-17(2)20-11-7-8-12-22(20)31/h4-14,17,24,26,28H,1,15H2,2-3H3,(H,33,34)/t17-,24+,26+,28+/m0/s1. The Morgan fingerprint density at radius 2 is 1.93 bits per heavy atom. The first kappa shape index (κ1) is 27.3. The normalized spacial score (nSPS) is 19.4. The minimum atomic E-state index is -0.961. The van der Waals surface area contributed by atoms with Gasteiger partial charge in [-0.05, 0) is 36.8 Å². The molecule has 206 valence electrons. The third-order valence-corrected chi connectivity index (χ3v) is 6.72. The van der Waals surface area contributed by atoms with Gasteiger partial charge in [-0.1, -0.05) is 54.6 Å². The van der Waals surface area contributed by atoms with Crippen LogP contribution in [-0.4, -0.2) is 45.5 Å². The first-order valence-corrected chi connectivity index (χ1v) is 12.9. The molecule has 0 unspecified atom stereocenters. The molecule has 2 aromatic heterocycles. The number of halogens is 2. The molecule has 0 radical (unpaired) electrons. The fourth-order valence-corrected chi connectivity index (χ4v) is 4.77. The molecule has 1 aliphatic rings. The summed E-state index contributed by atoms with van der Waals surface area (Å²) in [7, 11) is 0. The second-order valence-corrected chi connectivity index (χ2v) is 9.68. The highest BCUT2D eigenvalue weighted by atomic mass is 35.5. The third kappa shape index (κ3) is 5.54. The highest BCUT2D eigenvalue weighted by Crippen LogP contribution is 2.38. The van der Waals surface area contributed by atoms with E-state index in [2.05, 4.69) is 22.0 Å². The van der Waals surface area contributed by atoms with Crippen LogP contribution in [0, 0.1) is 5.82 Å². The van der Waals surface area contributed by atoms with Crippen LogP contribution in [0.1, 0.15) is 42.0 Å². The maximum Gasteiger partial charge on any atom is 0.338 e. The number of benzene rings is 2. The van der Waals surface area contributed by atoms with Crippen LogP contribution in [0.2, 0.25) is 5.15 Å². The maximum atomic E-state index is 14.4. The maximum absolute atomic E-state index is 14.4. The van der Waals surface area contributed by atoms with E-state index in [1.807, 2.05) is 6.92 Å². The minimum absolute atomic E-state index is 0.152. The molecule has 1 fully saturated rings. The zero-order chi connectivity index (χ0) is 28.4. The van der Waals surface area contributed by atoms with Gasteiger partial charge in [0, 0.05) is 12.5 Å². The van der Waals surface area contributed by atoms with Crippen LogP contribution in [0.15, 0.2) is 79.0 Å². The SMILES string of the molecule is C=C1[C@@H](OC(C)=O)[C@H](n2ncc3c(N[C@@H](C)c4ccccc4F)cc(Cl)nc32)O[C@@H]1COC(=O)c1ccccc1. The lowest BCUT2D eigenvalue weighted by atomic mass is 10.1. The van der Waals surface area contributed by atoms with Crippen molar-refractivity contribution < 1.29 is 28.2 Å². The molecule has 3 heterocycles. The molecule has 9 nitrogen and oxygen atoms in total. The van der Waals surface area contributed by atoms with Crippen LogP contribution in [0.25, 0.3) is 11.0 Å². The molecule has 1 saturated heterocycles. The molecule has 1 N–H and O–H groups in total. The number of carbonyl (C=O) groups is 2. The highest BCUT2D eigenvalue weighted by molar-refractivity contribution is 6.30. The van der Waals surface area contributed by atoms with Gasteiger partial charge in [0.1, 0.15) is 23.7 Å². The molecule has 0 aliphatic carbocycles. The lowest BCUT2D eigenvalue weighted by Crippen LogP contribution is -2.26. The fourth-order valence-electron chi connectivity index (χ4n) is 4.58. The summed E-state index contributed by atoms with van der Waals surface area (Å²) in [5.41, 5.74) is 2.19. The van der Waals surface area contributed by atoms with Crippen molar-refractivity contribution in [2.75, 3.05) is 11.9 Å². The van der Waals surface area contributed by atoms with Gasteiger partial charge < -0.3 is 19.5 Å². The molecule has 2 aromatic carbocycles. The van der Waals surface area contributed by atoms with E-state index in [4.69, 9.17) is 25.8 Å². The summed E-state index contributed by atoms with van der Waals surface area (Å²) < 4.78 is 33.0. The van der Waals surface area contributed by atoms with Crippen molar-refractivity contribution in [3.63, 3.8) is 0 Å². The average molecular weight is 565 g/mol. The molecule has 0 spiro atoms. The first-order valence-electron chi connectivity index (χ1n) is 12.5. The molecule has 0 amide bonds. The Hall–Kier alpha value is -4.28. The molecule has 5 rings (SSSR count). The largest absolute Gasteiger partial charge is 0.459 e. The molecule has 0 bridgehead atoms. The van der Waals surface area contributed by atoms with Crippen molar-refractivity contribution in [1.29, 1.82) is 0 Å². The number of carbonyl (C=O) groups excluding carboxylic acids is 2. The summed E-state index contributed by atoms with van der Waals surface area (Å²) in [6, 6.07) is 16.2. The summed E-state index contributed by atoms with van der Waals surface area (Å²) in [4.78, 5) is 28.9. The van der Waals surface area contributed by atoms with Gasteiger partial charge in [-0.3, -0.25) is 4.79 Å². The number of fused-ring (bicyclic) bond motifs is 1. The van der Waals surface area contributed by atoms with Crippen molar-refractivity contribution in [2.24, 2.45) is 0 Å². The van der Waals surface area contributed by atoms with E-state index in [-0.39, 0.29) is 17.6 Å². The highest BCUT2D eigenvalue weighted by Gasteiger charge is 2.44. The summed E-state index contributed by atoms with van der Waals surface area (Å²) in [6.07, 6.45) is -1.11. The predicted molar refractivity (Wildman–Crippen MR) is 146 cm³/mol. The second kappa shape index (κ2) is 11.4. The number of pyridine rings is 1. The number of hydrogen-bond donors (Lipinski definition) is 1. The van der Waals surface area contributed by atoms with Gasteiger partial charge in [0.15, 0.2) is 18.0 Å². The van der Waals surface area contributed by atoms with Gasteiger partial charge in [-0.15, -0.1) is 0 Å². The van der Waals surface area contributed by atoms with E-state index < -0.39 is 36.4 Å². The van der Waals surface area contributed by atoms with Gasteiger partial charge in [-0.2, -0.15) is 5.10 Å². The van der Waals surface area contributed by atoms with E-state index in [0.717, 1.165) is 0 Å². The van der Waals surface area contributed by atoms with Crippen molar-refractivity contribution >= 4 is 40.3 Å². The second-order valence-electron chi connectivity index (χ2n) is 9.29. The topological polar surface area (TPSA) is 105 Å². The van der Waals surface area contributed by atoms with Crippen LogP contribution < -0.4 is 5.32 Å². The molecule has 11 heteroatoms. The van der Waals surface area contributed by atoms with E-state index in [0.29, 0.717) is 33.4 Å². The van der Waals surface area contributed by atoms with Crippen molar-refractivity contribution in [3.8, 4) is 0 Å². The number of esters is 2. The molecule has 0 saturated carbocycles. The number of ether oxygens (including phenoxy) is 3. The van der Waals surface area contributed by atoms with E-state index >= 15 is 0 Å². The van der Waals surface area contributed by atoms with Crippen LogP contribution in [0.5, 0.6) is 0 Å². The smallest absolute Gasteiger partial charge is 0.338 e. The minimum Gasteiger partial charge on any atom is -0.459 e. The zero-order valence-corrected chi connectivity index (χ0v) is 22.5. The number of nitrogens with zero attached hydrogens (tertiary/aromatic N) is 3. The van der Waals surface area contributed by atoms with E-state index in [1.165, 1.54) is 17.7 Å². The van der Waals surface area contributed by atoms with Crippen molar-refractivity contribution in [3.05, 3.63) is 101 Å². The van der Waals surface area contributed by atoms with Gasteiger partial charge in [-0.25, -0.2) is 18.9 Å². The number of hydrogen-bond acceptors (Lipinski definition) is 8. The Morgan fingerprint density at radius 3 is 2.65 bits per heavy atom. The van der Waals surface area contributed by atoms with E-state index in [1.54, 1.807) is 60.8 Å². The van der Waals surface area contributed by atoms with Gasteiger partial charge >= 0.3 is 11.9 Å². The van der Waals surface area contributed by atoms with Crippen LogP contribution in [0.3, 0.4) is 0 Å². The Balaban J connectivity index is 1.42.